The van der Waals surface area contributed by atoms with Gasteiger partial charge in [-0.3, -0.25) is 0 Å². The van der Waals surface area contributed by atoms with Crippen molar-refractivity contribution >= 4 is 22.1 Å². The monoisotopic (exact) mass is 324 g/mol. The second kappa shape index (κ2) is 5.89. The van der Waals surface area contributed by atoms with E-state index in [1.54, 1.807) is 13.1 Å². The minimum absolute atomic E-state index is 0.249. The minimum atomic E-state index is -0.639. The molecule has 1 aliphatic heterocycles. The largest absolute Gasteiger partial charge is 0.385 e. The van der Waals surface area contributed by atoms with Crippen LogP contribution in [0, 0.1) is 11.3 Å². The second-order valence-corrected chi connectivity index (χ2v) is 6.40. The van der Waals surface area contributed by atoms with E-state index in [-0.39, 0.29) is 6.04 Å². The summed E-state index contributed by atoms with van der Waals surface area (Å²) in [6.45, 7) is 4.39. The Morgan fingerprint density at radius 3 is 3.21 bits per heavy atom. The van der Waals surface area contributed by atoms with Gasteiger partial charge in [0.2, 0.25) is 0 Å². The number of nitrogens with one attached hydrogen (secondary N) is 1. The van der Waals surface area contributed by atoms with Crippen LogP contribution in [-0.4, -0.2) is 49.2 Å². The van der Waals surface area contributed by atoms with E-state index in [0.29, 0.717) is 12.2 Å². The summed E-state index contributed by atoms with van der Waals surface area (Å²) < 4.78 is 2.18. The lowest BCUT2D eigenvalue weighted by Crippen LogP contribution is -2.23. The van der Waals surface area contributed by atoms with E-state index in [1.807, 2.05) is 12.3 Å². The summed E-state index contributed by atoms with van der Waals surface area (Å²) in [4.78, 5) is 14.5. The lowest BCUT2D eigenvalue weighted by molar-refractivity contribution is 0.181. The van der Waals surface area contributed by atoms with E-state index in [2.05, 4.69) is 30.5 Å². The highest BCUT2D eigenvalue weighted by Crippen LogP contribution is 2.33. The number of aliphatic hydroxyl groups is 1. The van der Waals surface area contributed by atoms with Crippen LogP contribution in [0.1, 0.15) is 37.7 Å². The standard InChI is InChI=1S/C17H20N6O/c1-11(24)17-21-14-9-20-16-13(3-6-19-16)15(14)23(17)12-4-8-22(10-12)7-2-5-18/h3,6,9,11-12,24H,2,4,7-8,10H2,1H3,(H,19,20). The van der Waals surface area contributed by atoms with Crippen LogP contribution in [0.3, 0.4) is 0 Å². The number of nitriles is 1. The Kier molecular flexibility index (Phi) is 3.71. The van der Waals surface area contributed by atoms with Crippen LogP contribution in [0.2, 0.25) is 0 Å². The van der Waals surface area contributed by atoms with Crippen molar-refractivity contribution in [2.24, 2.45) is 0 Å². The Balaban J connectivity index is 1.82. The third-order valence-electron chi connectivity index (χ3n) is 4.79. The first kappa shape index (κ1) is 15.1. The van der Waals surface area contributed by atoms with Gasteiger partial charge < -0.3 is 19.6 Å². The number of aromatic nitrogens is 4. The summed E-state index contributed by atoms with van der Waals surface area (Å²) >= 11 is 0. The molecule has 0 aromatic carbocycles. The van der Waals surface area contributed by atoms with E-state index in [1.165, 1.54) is 0 Å². The van der Waals surface area contributed by atoms with Crippen LogP contribution in [0.4, 0.5) is 0 Å². The first-order valence-electron chi connectivity index (χ1n) is 8.30. The molecule has 1 aliphatic rings. The van der Waals surface area contributed by atoms with Crippen molar-refractivity contribution in [2.45, 2.75) is 31.9 Å². The molecule has 2 unspecified atom stereocenters. The Bertz CT molecular complexity index is 918. The van der Waals surface area contributed by atoms with Gasteiger partial charge in [0, 0.05) is 43.7 Å². The van der Waals surface area contributed by atoms with Gasteiger partial charge in [0.05, 0.1) is 17.8 Å². The molecule has 4 heterocycles. The molecular formula is C17H20N6O. The van der Waals surface area contributed by atoms with Crippen molar-refractivity contribution < 1.29 is 5.11 Å². The van der Waals surface area contributed by atoms with Gasteiger partial charge in [0.25, 0.3) is 0 Å². The fourth-order valence-electron chi connectivity index (χ4n) is 3.71. The molecule has 7 heteroatoms. The molecule has 4 rings (SSSR count). The van der Waals surface area contributed by atoms with Gasteiger partial charge in [-0.25, -0.2) is 9.97 Å². The summed E-state index contributed by atoms with van der Waals surface area (Å²) in [5.74, 6) is 0.688. The molecule has 3 aromatic rings. The maximum Gasteiger partial charge on any atom is 0.139 e. The summed E-state index contributed by atoms with van der Waals surface area (Å²) in [5.41, 5.74) is 2.68. The molecule has 124 valence electrons. The molecule has 2 atom stereocenters. The van der Waals surface area contributed by atoms with Gasteiger partial charge >= 0.3 is 0 Å². The number of rotatable bonds is 4. The normalized spacial score (nSPS) is 20.0. The first-order chi connectivity index (χ1) is 11.7. The molecule has 0 radical (unpaired) electrons. The second-order valence-electron chi connectivity index (χ2n) is 6.40. The molecule has 1 fully saturated rings. The van der Waals surface area contributed by atoms with Crippen LogP contribution in [0.25, 0.3) is 22.1 Å². The Hall–Kier alpha value is -2.43. The number of fused-ring (bicyclic) bond motifs is 3. The number of hydrogen-bond donors (Lipinski definition) is 2. The van der Waals surface area contributed by atoms with Crippen LogP contribution >= 0.6 is 0 Å². The average Bonchev–Trinajstić information content (AvgIpc) is 3.28. The van der Waals surface area contributed by atoms with Crippen molar-refractivity contribution in [3.05, 3.63) is 24.3 Å². The molecule has 1 saturated heterocycles. The van der Waals surface area contributed by atoms with Crippen molar-refractivity contribution in [3.8, 4) is 6.07 Å². The molecule has 0 saturated carbocycles. The number of nitrogens with zero attached hydrogens (tertiary/aromatic N) is 5. The predicted molar refractivity (Wildman–Crippen MR) is 90.3 cm³/mol. The van der Waals surface area contributed by atoms with Crippen molar-refractivity contribution in [1.29, 1.82) is 5.26 Å². The fraction of sp³-hybridized carbons (Fsp3) is 0.471. The number of aromatic amines is 1. The van der Waals surface area contributed by atoms with E-state index in [9.17, 15) is 5.11 Å². The molecular weight excluding hydrogens is 304 g/mol. The Labute approximate surface area is 139 Å². The average molecular weight is 324 g/mol. The zero-order chi connectivity index (χ0) is 16.7. The minimum Gasteiger partial charge on any atom is -0.385 e. The molecule has 0 aliphatic carbocycles. The number of H-pyrrole nitrogens is 1. The van der Waals surface area contributed by atoms with Gasteiger partial charge in [-0.1, -0.05) is 0 Å². The molecule has 0 amide bonds. The lowest BCUT2D eigenvalue weighted by Gasteiger charge is -2.19. The molecule has 3 aromatic heterocycles. The summed E-state index contributed by atoms with van der Waals surface area (Å²) in [7, 11) is 0. The number of pyridine rings is 1. The quantitative estimate of drug-likeness (QED) is 0.767. The topological polar surface area (TPSA) is 93.8 Å². The number of hydrogen-bond acceptors (Lipinski definition) is 5. The SMILES string of the molecule is CC(O)c1nc2cnc3[nH]ccc3c2n1C1CCN(CCC#N)C1. The van der Waals surface area contributed by atoms with E-state index < -0.39 is 6.10 Å². The van der Waals surface area contributed by atoms with Gasteiger partial charge in [0.15, 0.2) is 0 Å². The van der Waals surface area contributed by atoms with Crippen molar-refractivity contribution in [1.82, 2.24) is 24.4 Å². The highest BCUT2D eigenvalue weighted by Gasteiger charge is 2.29. The van der Waals surface area contributed by atoms with Gasteiger partial charge in [-0.05, 0) is 19.4 Å². The number of imidazole rings is 1. The van der Waals surface area contributed by atoms with Crippen LogP contribution in [0.5, 0.6) is 0 Å². The van der Waals surface area contributed by atoms with Crippen molar-refractivity contribution in [3.63, 3.8) is 0 Å². The summed E-state index contributed by atoms with van der Waals surface area (Å²) in [6, 6.07) is 4.47. The Morgan fingerprint density at radius 2 is 2.42 bits per heavy atom. The van der Waals surface area contributed by atoms with Crippen LogP contribution < -0.4 is 0 Å². The molecule has 0 bridgehead atoms. The maximum atomic E-state index is 10.2. The zero-order valence-corrected chi connectivity index (χ0v) is 13.6. The smallest absolute Gasteiger partial charge is 0.139 e. The predicted octanol–water partition coefficient (Wildman–Crippen LogP) is 2.13. The molecule has 7 nitrogen and oxygen atoms in total. The third-order valence-corrected chi connectivity index (χ3v) is 4.79. The van der Waals surface area contributed by atoms with Crippen molar-refractivity contribution in [2.75, 3.05) is 19.6 Å². The maximum absolute atomic E-state index is 10.2. The van der Waals surface area contributed by atoms with Gasteiger partial charge in [-0.2, -0.15) is 5.26 Å². The van der Waals surface area contributed by atoms with E-state index >= 15 is 0 Å². The highest BCUT2D eigenvalue weighted by molar-refractivity contribution is 6.01. The van der Waals surface area contributed by atoms with E-state index in [0.717, 1.165) is 48.1 Å². The summed E-state index contributed by atoms with van der Waals surface area (Å²) in [6.07, 6.45) is 4.54. The number of aliphatic hydroxyl groups excluding tert-OH is 1. The van der Waals surface area contributed by atoms with Gasteiger partial charge in [0.1, 0.15) is 23.1 Å². The Morgan fingerprint density at radius 1 is 1.54 bits per heavy atom. The first-order valence-corrected chi connectivity index (χ1v) is 8.30. The lowest BCUT2D eigenvalue weighted by atomic mass is 10.2. The number of likely N-dealkylation sites (tertiary alicyclic amines) is 1. The zero-order valence-electron chi connectivity index (χ0n) is 13.6. The van der Waals surface area contributed by atoms with Crippen LogP contribution in [-0.2, 0) is 0 Å². The van der Waals surface area contributed by atoms with Gasteiger partial charge in [-0.15, -0.1) is 0 Å². The molecule has 24 heavy (non-hydrogen) atoms. The molecule has 0 spiro atoms. The highest BCUT2D eigenvalue weighted by atomic mass is 16.3. The molecule has 2 N–H and O–H groups in total. The van der Waals surface area contributed by atoms with Crippen LogP contribution in [0.15, 0.2) is 18.5 Å². The van der Waals surface area contributed by atoms with E-state index in [4.69, 9.17) is 5.26 Å². The third kappa shape index (κ3) is 2.35. The fourth-order valence-corrected chi connectivity index (χ4v) is 3.71. The summed E-state index contributed by atoms with van der Waals surface area (Å²) in [5, 5.41) is 20.1.